The topological polar surface area (TPSA) is 49.6 Å². The monoisotopic (exact) mass is 135 g/mol. The Hall–Kier alpha value is -1.25. The highest BCUT2D eigenvalue weighted by Crippen LogP contribution is 1.92. The largest absolute Gasteiger partial charge is 0.313 e. The highest BCUT2D eigenvalue weighted by Gasteiger charge is 1.90. The Morgan fingerprint density at radius 1 is 1.70 bits per heavy atom. The third-order valence-electron chi connectivity index (χ3n) is 1.14. The summed E-state index contributed by atoms with van der Waals surface area (Å²) >= 11 is 0. The lowest BCUT2D eigenvalue weighted by Crippen LogP contribution is -1.94. The van der Waals surface area contributed by atoms with Crippen LogP contribution in [-0.4, -0.2) is 16.2 Å². The fourth-order valence-electron chi connectivity index (χ4n) is 0.723. The Morgan fingerprint density at radius 3 is 3.10 bits per heavy atom. The van der Waals surface area contributed by atoms with Crippen LogP contribution in [0.25, 0.3) is 0 Å². The number of hydrogen-bond donors (Lipinski definition) is 1. The maximum Gasteiger partial charge on any atom is 0.125 e. The summed E-state index contributed by atoms with van der Waals surface area (Å²) in [6.07, 6.45) is 3.65. The van der Waals surface area contributed by atoms with E-state index in [4.69, 9.17) is 5.41 Å². The minimum Gasteiger partial charge on any atom is -0.313 e. The quantitative estimate of drug-likeness (QED) is 0.614. The summed E-state index contributed by atoms with van der Waals surface area (Å²) in [6.45, 7) is 1.84. The minimum atomic E-state index is 0.601. The van der Waals surface area contributed by atoms with E-state index in [9.17, 15) is 0 Å². The van der Waals surface area contributed by atoms with Crippen LogP contribution >= 0.6 is 0 Å². The summed E-state index contributed by atoms with van der Waals surface area (Å²) in [5, 5.41) is 6.83. The van der Waals surface area contributed by atoms with E-state index < -0.39 is 0 Å². The van der Waals surface area contributed by atoms with Crippen molar-refractivity contribution in [2.75, 3.05) is 0 Å². The van der Waals surface area contributed by atoms with Gasteiger partial charge in [-0.3, -0.25) is 0 Å². The molecule has 3 nitrogen and oxygen atoms in total. The molecule has 10 heavy (non-hydrogen) atoms. The van der Waals surface area contributed by atoms with Crippen LogP contribution in [0.4, 0.5) is 0 Å². The molecular weight excluding hydrogens is 126 g/mol. The van der Waals surface area contributed by atoms with Gasteiger partial charge in [0.2, 0.25) is 0 Å². The molecule has 0 unspecified atom stereocenters. The zero-order valence-corrected chi connectivity index (χ0v) is 5.83. The van der Waals surface area contributed by atoms with E-state index >= 15 is 0 Å². The van der Waals surface area contributed by atoms with Crippen LogP contribution in [0, 0.1) is 12.3 Å². The molecule has 1 aromatic heterocycles. The van der Waals surface area contributed by atoms with Gasteiger partial charge in [-0.05, 0) is 13.0 Å². The van der Waals surface area contributed by atoms with Crippen LogP contribution in [0.2, 0.25) is 0 Å². The number of aryl methyl sites for hydroxylation is 1. The van der Waals surface area contributed by atoms with Crippen molar-refractivity contribution in [1.82, 2.24) is 9.97 Å². The first-order chi connectivity index (χ1) is 4.83. The van der Waals surface area contributed by atoms with Crippen molar-refractivity contribution >= 4 is 6.21 Å². The maximum atomic E-state index is 6.83. The van der Waals surface area contributed by atoms with Gasteiger partial charge < -0.3 is 5.41 Å². The molecule has 3 heteroatoms. The summed E-state index contributed by atoms with van der Waals surface area (Å²) in [5.74, 6) is 0.763. The Morgan fingerprint density at radius 2 is 2.50 bits per heavy atom. The molecule has 1 rings (SSSR count). The second-order valence-corrected chi connectivity index (χ2v) is 2.00. The van der Waals surface area contributed by atoms with Gasteiger partial charge in [0.1, 0.15) is 5.82 Å². The number of nitrogens with one attached hydrogen (secondary N) is 1. The number of aromatic nitrogens is 2. The van der Waals surface area contributed by atoms with Crippen LogP contribution in [0.15, 0.2) is 12.3 Å². The third-order valence-corrected chi connectivity index (χ3v) is 1.14. The van der Waals surface area contributed by atoms with Gasteiger partial charge in [-0.2, -0.15) is 0 Å². The van der Waals surface area contributed by atoms with Crippen LogP contribution in [-0.2, 0) is 6.42 Å². The standard InChI is InChI=1S/C7H9N3/c1-6-9-5-3-7(10-6)2-4-8/h3-5,8H,2H2,1H3. The molecule has 1 aromatic rings. The molecule has 0 spiro atoms. The highest BCUT2D eigenvalue weighted by molar-refractivity contribution is 5.56. The van der Waals surface area contributed by atoms with E-state index in [-0.39, 0.29) is 0 Å². The molecule has 1 N–H and O–H groups in total. The lowest BCUT2D eigenvalue weighted by Gasteiger charge is -1.93. The normalized spacial score (nSPS) is 9.30. The summed E-state index contributed by atoms with van der Waals surface area (Å²) in [5.41, 5.74) is 0.905. The van der Waals surface area contributed by atoms with Gasteiger partial charge in [0.25, 0.3) is 0 Å². The highest BCUT2D eigenvalue weighted by atomic mass is 14.9. The Bertz CT molecular complexity index is 232. The van der Waals surface area contributed by atoms with Crippen LogP contribution in [0.5, 0.6) is 0 Å². The van der Waals surface area contributed by atoms with Crippen molar-refractivity contribution in [2.45, 2.75) is 13.3 Å². The number of rotatable bonds is 2. The molecule has 0 saturated carbocycles. The summed E-state index contributed by atoms with van der Waals surface area (Å²) in [6, 6.07) is 1.82. The molecule has 0 fully saturated rings. The van der Waals surface area contributed by atoms with Crippen LogP contribution < -0.4 is 0 Å². The van der Waals surface area contributed by atoms with Gasteiger partial charge in [0.05, 0.1) is 0 Å². The molecule has 0 radical (unpaired) electrons. The summed E-state index contributed by atoms with van der Waals surface area (Å²) in [7, 11) is 0. The Labute approximate surface area is 59.7 Å². The summed E-state index contributed by atoms with van der Waals surface area (Å²) < 4.78 is 0. The third kappa shape index (κ3) is 1.62. The first kappa shape index (κ1) is 6.86. The minimum absolute atomic E-state index is 0.601. The predicted molar refractivity (Wildman–Crippen MR) is 39.3 cm³/mol. The van der Waals surface area contributed by atoms with Crippen molar-refractivity contribution in [3.05, 3.63) is 23.8 Å². The second-order valence-electron chi connectivity index (χ2n) is 2.00. The summed E-state index contributed by atoms with van der Waals surface area (Å²) in [4.78, 5) is 8.04. The molecule has 0 aliphatic carbocycles. The molecule has 0 bridgehead atoms. The molecule has 0 saturated heterocycles. The molecule has 52 valence electrons. The van der Waals surface area contributed by atoms with Crippen molar-refractivity contribution in [2.24, 2.45) is 0 Å². The first-order valence-electron chi connectivity index (χ1n) is 3.10. The van der Waals surface area contributed by atoms with Crippen molar-refractivity contribution < 1.29 is 0 Å². The van der Waals surface area contributed by atoms with Crippen molar-refractivity contribution in [3.63, 3.8) is 0 Å². The van der Waals surface area contributed by atoms with Gasteiger partial charge in [0.15, 0.2) is 0 Å². The van der Waals surface area contributed by atoms with E-state index in [2.05, 4.69) is 9.97 Å². The zero-order chi connectivity index (χ0) is 7.40. The van der Waals surface area contributed by atoms with E-state index in [1.807, 2.05) is 13.0 Å². The van der Waals surface area contributed by atoms with Crippen LogP contribution in [0.3, 0.4) is 0 Å². The van der Waals surface area contributed by atoms with Crippen LogP contribution in [0.1, 0.15) is 11.5 Å². The average Bonchev–Trinajstić information content (AvgIpc) is 1.88. The Balaban J connectivity index is 2.84. The molecular formula is C7H9N3. The predicted octanol–water partition coefficient (Wildman–Crippen LogP) is 0.977. The van der Waals surface area contributed by atoms with Gasteiger partial charge in [0, 0.05) is 24.5 Å². The SMILES string of the molecule is Cc1nccc(CC=N)n1. The fraction of sp³-hybridized carbons (Fsp3) is 0.286. The smallest absolute Gasteiger partial charge is 0.125 e. The van der Waals surface area contributed by atoms with Gasteiger partial charge in [-0.1, -0.05) is 0 Å². The van der Waals surface area contributed by atoms with Gasteiger partial charge >= 0.3 is 0 Å². The van der Waals surface area contributed by atoms with Crippen molar-refractivity contribution in [1.29, 1.82) is 5.41 Å². The second kappa shape index (κ2) is 3.06. The van der Waals surface area contributed by atoms with E-state index in [1.165, 1.54) is 6.21 Å². The molecule has 0 amide bonds. The first-order valence-corrected chi connectivity index (χ1v) is 3.10. The van der Waals surface area contributed by atoms with Gasteiger partial charge in [-0.25, -0.2) is 9.97 Å². The fourth-order valence-corrected chi connectivity index (χ4v) is 0.723. The zero-order valence-electron chi connectivity index (χ0n) is 5.83. The number of nitrogens with zero attached hydrogens (tertiary/aromatic N) is 2. The Kier molecular flexibility index (Phi) is 2.10. The van der Waals surface area contributed by atoms with E-state index in [1.54, 1.807) is 6.20 Å². The average molecular weight is 135 g/mol. The maximum absolute atomic E-state index is 6.83. The van der Waals surface area contributed by atoms with Gasteiger partial charge in [-0.15, -0.1) is 0 Å². The molecule has 0 aromatic carbocycles. The molecule has 0 aliphatic rings. The molecule has 0 aliphatic heterocycles. The van der Waals surface area contributed by atoms with Crippen molar-refractivity contribution in [3.8, 4) is 0 Å². The van der Waals surface area contributed by atoms with E-state index in [0.29, 0.717) is 6.42 Å². The number of hydrogen-bond acceptors (Lipinski definition) is 3. The lowest BCUT2D eigenvalue weighted by molar-refractivity contribution is 0.994. The lowest BCUT2D eigenvalue weighted by atomic mass is 10.3. The molecule has 0 atom stereocenters. The molecule has 1 heterocycles. The van der Waals surface area contributed by atoms with E-state index in [0.717, 1.165) is 11.5 Å².